The number of aryl methyl sites for hydroxylation is 1. The van der Waals surface area contributed by atoms with Crippen LogP contribution in [-0.2, 0) is 0 Å². The molecule has 1 aromatic rings. The van der Waals surface area contributed by atoms with Crippen molar-refractivity contribution >= 4 is 0 Å². The average Bonchev–Trinajstić information content (AvgIpc) is 2.51. The molecular weight excluding hydrogens is 176 g/mol. The van der Waals surface area contributed by atoms with E-state index in [4.69, 9.17) is 11.0 Å². The van der Waals surface area contributed by atoms with Crippen molar-refractivity contribution < 1.29 is 0 Å². The van der Waals surface area contributed by atoms with Crippen molar-refractivity contribution in [2.45, 2.75) is 38.8 Å². The van der Waals surface area contributed by atoms with Crippen LogP contribution in [0.2, 0.25) is 0 Å². The van der Waals surface area contributed by atoms with E-state index in [9.17, 15) is 0 Å². The van der Waals surface area contributed by atoms with Crippen molar-refractivity contribution in [2.24, 2.45) is 5.73 Å². The molecule has 0 saturated heterocycles. The molecule has 2 N–H and O–H groups in total. The van der Waals surface area contributed by atoms with Crippen LogP contribution in [0.3, 0.4) is 0 Å². The molecule has 1 rings (SSSR count). The standard InChI is InChI=1S/C10H16N4/c1-8-4-5-14(13-8)9(2)6-10(3,12)7-11/h4-5,9H,6,12H2,1-3H3. The minimum Gasteiger partial charge on any atom is -0.314 e. The molecule has 0 aliphatic carbocycles. The van der Waals surface area contributed by atoms with Gasteiger partial charge in [0.15, 0.2) is 0 Å². The third-order valence-electron chi connectivity index (χ3n) is 2.17. The van der Waals surface area contributed by atoms with Gasteiger partial charge < -0.3 is 5.73 Å². The first kappa shape index (κ1) is 10.7. The predicted molar refractivity (Wildman–Crippen MR) is 54.5 cm³/mol. The normalized spacial score (nSPS) is 17.1. The molecule has 0 aliphatic rings. The topological polar surface area (TPSA) is 67.6 Å². The Hall–Kier alpha value is -1.34. The van der Waals surface area contributed by atoms with Gasteiger partial charge in [-0.05, 0) is 26.8 Å². The molecule has 4 nitrogen and oxygen atoms in total. The number of nitriles is 1. The van der Waals surface area contributed by atoms with Crippen LogP contribution in [0.4, 0.5) is 0 Å². The molecular formula is C10H16N4. The lowest BCUT2D eigenvalue weighted by Gasteiger charge is -2.20. The van der Waals surface area contributed by atoms with E-state index >= 15 is 0 Å². The van der Waals surface area contributed by atoms with Crippen LogP contribution in [0, 0.1) is 18.3 Å². The van der Waals surface area contributed by atoms with Crippen molar-refractivity contribution in [3.63, 3.8) is 0 Å². The molecule has 14 heavy (non-hydrogen) atoms. The maximum Gasteiger partial charge on any atom is 0.103 e. The molecule has 76 valence electrons. The summed E-state index contributed by atoms with van der Waals surface area (Å²) in [5.74, 6) is 0. The van der Waals surface area contributed by atoms with Gasteiger partial charge in [0, 0.05) is 12.6 Å². The molecule has 1 heterocycles. The van der Waals surface area contributed by atoms with Crippen molar-refractivity contribution in [2.75, 3.05) is 0 Å². The number of nitrogens with zero attached hydrogens (tertiary/aromatic N) is 3. The minimum atomic E-state index is -0.779. The van der Waals surface area contributed by atoms with E-state index in [1.165, 1.54) is 0 Å². The van der Waals surface area contributed by atoms with Gasteiger partial charge in [0.25, 0.3) is 0 Å². The maximum atomic E-state index is 8.79. The van der Waals surface area contributed by atoms with E-state index in [-0.39, 0.29) is 6.04 Å². The molecule has 0 amide bonds. The fourth-order valence-electron chi connectivity index (χ4n) is 1.43. The third-order valence-corrected chi connectivity index (χ3v) is 2.17. The van der Waals surface area contributed by atoms with Crippen molar-refractivity contribution in [1.29, 1.82) is 5.26 Å². The first-order chi connectivity index (χ1) is 6.44. The highest BCUT2D eigenvalue weighted by Gasteiger charge is 2.22. The Bertz CT molecular complexity index is 345. The van der Waals surface area contributed by atoms with Crippen LogP contribution in [0.15, 0.2) is 12.3 Å². The van der Waals surface area contributed by atoms with E-state index in [1.807, 2.05) is 30.8 Å². The highest BCUT2D eigenvalue weighted by Crippen LogP contribution is 2.17. The molecule has 0 bridgehead atoms. The first-order valence-corrected chi connectivity index (χ1v) is 4.66. The molecule has 0 radical (unpaired) electrons. The Morgan fingerprint density at radius 1 is 1.79 bits per heavy atom. The fraction of sp³-hybridized carbons (Fsp3) is 0.600. The summed E-state index contributed by atoms with van der Waals surface area (Å²) in [4.78, 5) is 0. The molecule has 0 saturated carbocycles. The summed E-state index contributed by atoms with van der Waals surface area (Å²) in [5.41, 5.74) is 5.96. The Labute approximate surface area is 84.3 Å². The molecule has 0 fully saturated rings. The Morgan fingerprint density at radius 2 is 2.43 bits per heavy atom. The van der Waals surface area contributed by atoms with Crippen LogP contribution in [0.1, 0.15) is 32.0 Å². The van der Waals surface area contributed by atoms with E-state index < -0.39 is 5.54 Å². The van der Waals surface area contributed by atoms with Gasteiger partial charge in [-0.3, -0.25) is 4.68 Å². The predicted octanol–water partition coefficient (Wildman–Crippen LogP) is 1.38. The zero-order valence-electron chi connectivity index (χ0n) is 8.86. The molecule has 1 aromatic heterocycles. The lowest BCUT2D eigenvalue weighted by Crippen LogP contribution is -2.36. The maximum absolute atomic E-state index is 8.79. The molecule has 0 spiro atoms. The summed E-state index contributed by atoms with van der Waals surface area (Å²) in [7, 11) is 0. The van der Waals surface area contributed by atoms with Crippen LogP contribution >= 0.6 is 0 Å². The average molecular weight is 192 g/mol. The van der Waals surface area contributed by atoms with Gasteiger partial charge in [-0.15, -0.1) is 0 Å². The monoisotopic (exact) mass is 192 g/mol. The molecule has 0 aromatic carbocycles. The first-order valence-electron chi connectivity index (χ1n) is 4.66. The van der Waals surface area contributed by atoms with Crippen molar-refractivity contribution in [3.05, 3.63) is 18.0 Å². The summed E-state index contributed by atoms with van der Waals surface area (Å²) < 4.78 is 1.85. The van der Waals surface area contributed by atoms with Gasteiger partial charge in [-0.25, -0.2) is 0 Å². The van der Waals surface area contributed by atoms with E-state index in [2.05, 4.69) is 11.2 Å². The minimum absolute atomic E-state index is 0.151. The summed E-state index contributed by atoms with van der Waals surface area (Å²) >= 11 is 0. The van der Waals surface area contributed by atoms with Gasteiger partial charge >= 0.3 is 0 Å². The quantitative estimate of drug-likeness (QED) is 0.786. The van der Waals surface area contributed by atoms with Crippen molar-refractivity contribution in [3.8, 4) is 6.07 Å². The molecule has 2 unspecified atom stereocenters. The second kappa shape index (κ2) is 3.81. The fourth-order valence-corrected chi connectivity index (χ4v) is 1.43. The van der Waals surface area contributed by atoms with Crippen LogP contribution in [0.25, 0.3) is 0 Å². The third kappa shape index (κ3) is 2.57. The highest BCUT2D eigenvalue weighted by molar-refractivity contribution is 5.03. The Balaban J connectivity index is 2.69. The molecule has 2 atom stereocenters. The number of hydrogen-bond donors (Lipinski definition) is 1. The molecule has 0 aliphatic heterocycles. The second-order valence-corrected chi connectivity index (χ2v) is 4.02. The van der Waals surface area contributed by atoms with Crippen LogP contribution in [-0.4, -0.2) is 15.3 Å². The highest BCUT2D eigenvalue weighted by atomic mass is 15.3. The van der Waals surface area contributed by atoms with E-state index in [0.29, 0.717) is 6.42 Å². The summed E-state index contributed by atoms with van der Waals surface area (Å²) in [5, 5.41) is 13.1. The van der Waals surface area contributed by atoms with E-state index in [0.717, 1.165) is 5.69 Å². The SMILES string of the molecule is Cc1ccn(C(C)CC(C)(N)C#N)n1. The lowest BCUT2D eigenvalue weighted by molar-refractivity contribution is 0.385. The number of hydrogen-bond acceptors (Lipinski definition) is 3. The summed E-state index contributed by atoms with van der Waals surface area (Å²) in [6.07, 6.45) is 2.51. The zero-order valence-corrected chi connectivity index (χ0v) is 8.86. The number of nitrogens with two attached hydrogens (primary N) is 1. The molecule has 4 heteroatoms. The second-order valence-electron chi connectivity index (χ2n) is 4.02. The van der Waals surface area contributed by atoms with Gasteiger partial charge in [-0.1, -0.05) is 0 Å². The Morgan fingerprint density at radius 3 is 2.86 bits per heavy atom. The lowest BCUT2D eigenvalue weighted by atomic mass is 9.97. The van der Waals surface area contributed by atoms with Crippen LogP contribution < -0.4 is 5.73 Å². The Kier molecular flexibility index (Phi) is 2.92. The summed E-state index contributed by atoms with van der Waals surface area (Å²) in [6.45, 7) is 5.68. The van der Waals surface area contributed by atoms with Gasteiger partial charge in [0.2, 0.25) is 0 Å². The van der Waals surface area contributed by atoms with Gasteiger partial charge in [0.1, 0.15) is 5.54 Å². The van der Waals surface area contributed by atoms with Gasteiger partial charge in [-0.2, -0.15) is 10.4 Å². The summed E-state index contributed by atoms with van der Waals surface area (Å²) in [6, 6.07) is 4.18. The van der Waals surface area contributed by atoms with Crippen molar-refractivity contribution in [1.82, 2.24) is 9.78 Å². The number of aromatic nitrogens is 2. The van der Waals surface area contributed by atoms with E-state index in [1.54, 1.807) is 6.92 Å². The number of rotatable bonds is 3. The van der Waals surface area contributed by atoms with Crippen LogP contribution in [0.5, 0.6) is 0 Å². The zero-order chi connectivity index (χ0) is 10.8. The van der Waals surface area contributed by atoms with Gasteiger partial charge in [0.05, 0.1) is 17.8 Å². The largest absolute Gasteiger partial charge is 0.314 e. The smallest absolute Gasteiger partial charge is 0.103 e.